The molecule has 276 valence electrons. The summed E-state index contributed by atoms with van der Waals surface area (Å²) in [5, 5.41) is 0. The molecular formula is C40H76N2O4S. The molecule has 47 heavy (non-hydrogen) atoms. The molecule has 0 aliphatic carbocycles. The number of unbranched alkanes of at least 4 members (excludes halogenated alkanes) is 12. The van der Waals surface area contributed by atoms with Crippen molar-refractivity contribution in [1.82, 2.24) is 9.80 Å². The van der Waals surface area contributed by atoms with Gasteiger partial charge in [-0.25, -0.2) is 0 Å². The molecule has 0 aromatic carbocycles. The molecule has 0 aromatic heterocycles. The maximum absolute atomic E-state index is 12.9. The van der Waals surface area contributed by atoms with Gasteiger partial charge in [0.1, 0.15) is 12.7 Å². The summed E-state index contributed by atoms with van der Waals surface area (Å²) in [7, 11) is 0. The van der Waals surface area contributed by atoms with E-state index in [1.54, 1.807) is 0 Å². The third-order valence-corrected chi connectivity index (χ3v) is 10.2. The van der Waals surface area contributed by atoms with Crippen molar-refractivity contribution >= 4 is 28.8 Å². The van der Waals surface area contributed by atoms with Crippen LogP contribution >= 0.6 is 11.4 Å². The Labute approximate surface area is 295 Å². The summed E-state index contributed by atoms with van der Waals surface area (Å²) in [5.74, 6) is 0.991. The van der Waals surface area contributed by atoms with Crippen LogP contribution in [-0.2, 0) is 19.1 Å². The first kappa shape index (κ1) is 43.8. The van der Waals surface area contributed by atoms with Crippen LogP contribution in [0.3, 0.4) is 0 Å². The van der Waals surface area contributed by atoms with E-state index in [0.29, 0.717) is 19.4 Å². The molecular weight excluding hydrogens is 605 g/mol. The zero-order chi connectivity index (χ0) is 34.0. The Morgan fingerprint density at radius 3 is 1.89 bits per heavy atom. The van der Waals surface area contributed by atoms with Crippen LogP contribution in [0.1, 0.15) is 175 Å². The average molecular weight is 681 g/mol. The molecule has 0 amide bonds. The Morgan fingerprint density at radius 2 is 1.28 bits per heavy atom. The number of nitrogens with zero attached hydrogens (tertiary/aromatic N) is 2. The van der Waals surface area contributed by atoms with E-state index in [0.717, 1.165) is 63.8 Å². The molecule has 7 heteroatoms. The number of ether oxygens (including phenoxy) is 2. The summed E-state index contributed by atoms with van der Waals surface area (Å²) in [5.41, 5.74) is 2.29. The molecule has 0 unspecified atom stereocenters. The van der Waals surface area contributed by atoms with Gasteiger partial charge in [0, 0.05) is 31.4 Å². The Morgan fingerprint density at radius 1 is 0.702 bits per heavy atom. The fourth-order valence-electron chi connectivity index (χ4n) is 6.19. The molecule has 6 nitrogen and oxygen atoms in total. The van der Waals surface area contributed by atoms with Crippen molar-refractivity contribution in [2.24, 2.45) is 0 Å². The summed E-state index contributed by atoms with van der Waals surface area (Å²) in [4.78, 5) is 30.2. The molecule has 1 fully saturated rings. The van der Waals surface area contributed by atoms with Crippen molar-refractivity contribution in [2.45, 2.75) is 181 Å². The van der Waals surface area contributed by atoms with E-state index in [2.05, 4.69) is 42.1 Å². The second-order valence-electron chi connectivity index (χ2n) is 13.7. The number of allylic oxidation sites excluding steroid dienone is 1. The van der Waals surface area contributed by atoms with Gasteiger partial charge < -0.3 is 14.4 Å². The van der Waals surface area contributed by atoms with Crippen LogP contribution in [0.5, 0.6) is 0 Å². The first-order chi connectivity index (χ1) is 23.1. The Hall–Kier alpha value is -1.18. The van der Waals surface area contributed by atoms with Gasteiger partial charge in [0.2, 0.25) is 0 Å². The second-order valence-corrected chi connectivity index (χ2v) is 14.7. The van der Waals surface area contributed by atoms with Gasteiger partial charge in [0.15, 0.2) is 0 Å². The maximum Gasteiger partial charge on any atom is 0.306 e. The minimum Gasteiger partial charge on any atom is -0.462 e. The molecule has 0 saturated carbocycles. The Kier molecular flexibility index (Phi) is 31.1. The smallest absolute Gasteiger partial charge is 0.306 e. The number of rotatable bonds is 33. The monoisotopic (exact) mass is 681 g/mol. The van der Waals surface area contributed by atoms with Gasteiger partial charge in [0.25, 0.3) is 0 Å². The number of hydrogen-bond acceptors (Lipinski definition) is 5. The number of hydrogen-bond donors (Lipinski definition) is 1. The molecule has 1 heterocycles. The summed E-state index contributed by atoms with van der Waals surface area (Å²) >= 11 is 1.32. The summed E-state index contributed by atoms with van der Waals surface area (Å²) in [6.45, 7) is 12.4. The van der Waals surface area contributed by atoms with Crippen LogP contribution in [0.4, 0.5) is 0 Å². The Bertz CT molecular complexity index is 770. The van der Waals surface area contributed by atoms with Gasteiger partial charge in [-0.3, -0.25) is 14.5 Å². The fraction of sp³-hybridized carbons (Fsp3) is 0.875. The van der Waals surface area contributed by atoms with Gasteiger partial charge in [-0.15, -0.1) is 0 Å². The summed E-state index contributed by atoms with van der Waals surface area (Å²) in [6, 6.07) is 0. The van der Waals surface area contributed by atoms with E-state index in [4.69, 9.17) is 9.47 Å². The van der Waals surface area contributed by atoms with Gasteiger partial charge in [-0.05, 0) is 96.0 Å². The van der Waals surface area contributed by atoms with Gasteiger partial charge >= 0.3 is 11.9 Å². The number of likely N-dealkylation sites (tertiary alicyclic amines) is 1. The van der Waals surface area contributed by atoms with Crippen molar-refractivity contribution in [2.75, 3.05) is 45.1 Å². The normalized spacial score (nSPS) is 14.1. The molecule has 1 rings (SSSR count). The van der Waals surface area contributed by atoms with E-state index in [1.807, 2.05) is 6.08 Å². The average Bonchev–Trinajstić information content (AvgIpc) is 3.59. The van der Waals surface area contributed by atoms with Crippen molar-refractivity contribution < 1.29 is 19.1 Å². The van der Waals surface area contributed by atoms with Crippen LogP contribution in [0.15, 0.2) is 12.2 Å². The minimum absolute atomic E-state index is 0.0396. The van der Waals surface area contributed by atoms with Gasteiger partial charge in [-0.1, -0.05) is 104 Å². The van der Waals surface area contributed by atoms with Gasteiger partial charge in [0.05, 0.1) is 0 Å². The highest BCUT2D eigenvalue weighted by molar-refractivity contribution is 7.97. The van der Waals surface area contributed by atoms with Crippen molar-refractivity contribution in [3.63, 3.8) is 0 Å². The number of carbonyl (C=O) groups excluding carboxylic acids is 2. The second kappa shape index (κ2) is 33.3. The highest BCUT2D eigenvalue weighted by Crippen LogP contribution is 2.17. The number of esters is 2. The lowest BCUT2D eigenvalue weighted by Crippen LogP contribution is -2.26. The molecule has 1 aliphatic heterocycles. The zero-order valence-corrected chi connectivity index (χ0v) is 32.1. The van der Waals surface area contributed by atoms with Crippen molar-refractivity contribution in [3.8, 4) is 0 Å². The van der Waals surface area contributed by atoms with Crippen LogP contribution in [0.2, 0.25) is 0 Å². The lowest BCUT2D eigenvalue weighted by molar-refractivity contribution is -0.150. The third kappa shape index (κ3) is 28.4. The van der Waals surface area contributed by atoms with Crippen molar-refractivity contribution in [3.05, 3.63) is 12.2 Å². The van der Waals surface area contributed by atoms with E-state index in [-0.39, 0.29) is 18.0 Å². The topological polar surface area (TPSA) is 59.1 Å². The van der Waals surface area contributed by atoms with E-state index < -0.39 is 0 Å². The Balaban J connectivity index is 2.48. The predicted octanol–water partition coefficient (Wildman–Crippen LogP) is 10.3. The molecule has 1 saturated heterocycles. The lowest BCUT2D eigenvalue weighted by Gasteiger charge is -2.20. The molecule has 0 radical (unpaired) electrons. The third-order valence-electron chi connectivity index (χ3n) is 9.15. The molecule has 0 atom stereocenters. The quantitative estimate of drug-likeness (QED) is 0.0245. The minimum atomic E-state index is -0.122. The SMILES string of the molecule is CCCCCC/C=C\COC(=O)CCCN(C=[SH]CCCN1CCCC1)CCCC(=O)OC(CCCCCCC)CCCCCCC. The zero-order valence-electron chi connectivity index (χ0n) is 31.2. The van der Waals surface area contributed by atoms with E-state index in [9.17, 15) is 9.59 Å². The van der Waals surface area contributed by atoms with Crippen LogP contribution < -0.4 is 0 Å². The summed E-state index contributed by atoms with van der Waals surface area (Å²) in [6.07, 6.45) is 31.1. The fourth-order valence-corrected chi connectivity index (χ4v) is 7.09. The van der Waals surface area contributed by atoms with Crippen LogP contribution in [0.25, 0.3) is 0 Å². The van der Waals surface area contributed by atoms with E-state index in [1.165, 1.54) is 127 Å². The molecule has 0 aromatic rings. The van der Waals surface area contributed by atoms with Crippen LogP contribution in [0, 0.1) is 0 Å². The van der Waals surface area contributed by atoms with E-state index >= 15 is 0 Å². The van der Waals surface area contributed by atoms with Gasteiger partial charge in [-0.2, -0.15) is 11.4 Å². The number of carbonyl (C=O) groups is 2. The maximum atomic E-state index is 12.9. The first-order valence-corrected chi connectivity index (χ1v) is 21.2. The molecule has 0 N–H and O–H groups in total. The molecule has 1 aliphatic rings. The summed E-state index contributed by atoms with van der Waals surface area (Å²) < 4.78 is 11.5. The molecule has 0 spiro atoms. The highest BCUT2D eigenvalue weighted by Gasteiger charge is 2.15. The lowest BCUT2D eigenvalue weighted by atomic mass is 10.0. The standard InChI is InChI=1S/C40H76N2O4S/c1-4-7-10-13-14-17-22-35-45-39(43)28-23-32-42(37-47-36-25-34-41-30-20-21-31-41)33-24-29-40(44)46-38(26-18-15-11-8-5-2)27-19-16-12-9-6-3/h17,22,37-38,47H,4-16,18-21,23-36H2,1-3H3/b22-17-. The molecule has 0 bridgehead atoms. The largest absolute Gasteiger partial charge is 0.462 e. The van der Waals surface area contributed by atoms with Crippen molar-refractivity contribution in [1.29, 1.82) is 0 Å². The first-order valence-electron chi connectivity index (χ1n) is 20.0. The number of thiol groups is 1. The van der Waals surface area contributed by atoms with Crippen LogP contribution in [-0.4, -0.2) is 78.4 Å². The predicted molar refractivity (Wildman–Crippen MR) is 206 cm³/mol. The highest BCUT2D eigenvalue weighted by atomic mass is 32.1.